The van der Waals surface area contributed by atoms with Gasteiger partial charge in [-0.3, -0.25) is 19.1 Å². The van der Waals surface area contributed by atoms with Gasteiger partial charge in [0.1, 0.15) is 16.0 Å². The number of fused-ring (bicyclic) bond motifs is 2. The minimum Gasteiger partial charge on any atom is -0.481 e. The third kappa shape index (κ3) is 2.35. The van der Waals surface area contributed by atoms with Crippen molar-refractivity contribution in [2.24, 2.45) is 0 Å². The highest BCUT2D eigenvalue weighted by Crippen LogP contribution is 2.32. The second kappa shape index (κ2) is 5.31. The van der Waals surface area contributed by atoms with Crippen LogP contribution in [0.15, 0.2) is 35.5 Å². The number of rotatable bonds is 2. The lowest BCUT2D eigenvalue weighted by atomic mass is 10.2. The van der Waals surface area contributed by atoms with Gasteiger partial charge in [0.2, 0.25) is 0 Å². The number of aryl methyl sites for hydroxylation is 1. The Morgan fingerprint density at radius 3 is 3.13 bits per heavy atom. The van der Waals surface area contributed by atoms with Crippen molar-refractivity contribution in [3.63, 3.8) is 0 Å². The van der Waals surface area contributed by atoms with E-state index in [0.717, 1.165) is 17.0 Å². The normalized spacial score (nSPS) is 14.0. The van der Waals surface area contributed by atoms with Gasteiger partial charge in [0.15, 0.2) is 12.3 Å². The van der Waals surface area contributed by atoms with Gasteiger partial charge in [0, 0.05) is 18.5 Å². The molecule has 4 heterocycles. The average molecular weight is 374 g/mol. The molecule has 8 heteroatoms. The molecule has 0 atom stereocenters. The Balaban J connectivity index is 1.80. The number of hydrogen-bond donors (Lipinski definition) is 0. The maximum absolute atomic E-state index is 12.3. The molecule has 0 aromatic carbocycles. The summed E-state index contributed by atoms with van der Waals surface area (Å²) in [5.74, 6) is 0.557. The number of imidazole rings is 1. The lowest BCUT2D eigenvalue weighted by molar-refractivity contribution is -0.121. The summed E-state index contributed by atoms with van der Waals surface area (Å²) in [5, 5.41) is 0. The fraction of sp³-hybridized carbons (Fsp3) is 0.200. The molecule has 1 amide bonds. The lowest BCUT2D eigenvalue weighted by Gasteiger charge is -2.28. The van der Waals surface area contributed by atoms with Gasteiger partial charge >= 0.3 is 0 Å². The number of carbonyl (C=O) groups excluding carboxylic acids is 1. The second-order valence-electron chi connectivity index (χ2n) is 5.19. The van der Waals surface area contributed by atoms with E-state index in [9.17, 15) is 4.79 Å². The van der Waals surface area contributed by atoms with Crippen LogP contribution in [0.2, 0.25) is 0 Å². The molecule has 3 aromatic heterocycles. The Kier molecular flexibility index (Phi) is 3.26. The van der Waals surface area contributed by atoms with Gasteiger partial charge in [-0.05, 0) is 22.9 Å². The maximum Gasteiger partial charge on any atom is 0.265 e. The number of anilines is 1. The van der Waals surface area contributed by atoms with E-state index in [1.807, 2.05) is 17.5 Å². The van der Waals surface area contributed by atoms with E-state index in [2.05, 4.69) is 30.9 Å². The lowest BCUT2D eigenvalue weighted by Crippen LogP contribution is -2.38. The quantitative estimate of drug-likeness (QED) is 0.687. The highest BCUT2D eigenvalue weighted by molar-refractivity contribution is 9.10. The molecule has 116 valence electrons. The molecule has 0 saturated carbocycles. The van der Waals surface area contributed by atoms with Crippen molar-refractivity contribution >= 4 is 33.2 Å². The molecule has 0 spiro atoms. The van der Waals surface area contributed by atoms with Gasteiger partial charge in [0.05, 0.1) is 30.3 Å². The molecule has 1 aliphatic heterocycles. The minimum absolute atomic E-state index is 0.0258. The first-order chi connectivity index (χ1) is 11.1. The molecule has 1 aliphatic rings. The van der Waals surface area contributed by atoms with Gasteiger partial charge in [-0.15, -0.1) is 0 Å². The Labute approximate surface area is 140 Å². The monoisotopic (exact) mass is 373 g/mol. The first kappa shape index (κ1) is 14.1. The highest BCUT2D eigenvalue weighted by atomic mass is 79.9. The van der Waals surface area contributed by atoms with E-state index in [1.54, 1.807) is 29.6 Å². The van der Waals surface area contributed by atoms with E-state index in [-0.39, 0.29) is 12.5 Å². The first-order valence-corrected chi connectivity index (χ1v) is 7.79. The summed E-state index contributed by atoms with van der Waals surface area (Å²) in [6.07, 6.45) is 6.83. The maximum atomic E-state index is 12.3. The van der Waals surface area contributed by atoms with Crippen molar-refractivity contribution in [1.82, 2.24) is 19.4 Å². The number of carbonyl (C=O) groups is 1. The summed E-state index contributed by atoms with van der Waals surface area (Å²) in [7, 11) is 0. The smallest absolute Gasteiger partial charge is 0.265 e. The van der Waals surface area contributed by atoms with Crippen molar-refractivity contribution in [3.8, 4) is 5.75 Å². The number of ether oxygens (including phenoxy) is 1. The van der Waals surface area contributed by atoms with Crippen LogP contribution in [0.4, 0.5) is 5.69 Å². The Bertz CT molecular complexity index is 923. The van der Waals surface area contributed by atoms with Crippen molar-refractivity contribution in [2.45, 2.75) is 13.5 Å². The summed E-state index contributed by atoms with van der Waals surface area (Å²) >= 11 is 3.37. The van der Waals surface area contributed by atoms with Crippen molar-refractivity contribution in [1.29, 1.82) is 0 Å². The van der Waals surface area contributed by atoms with Gasteiger partial charge in [-0.1, -0.05) is 0 Å². The molecule has 0 aliphatic carbocycles. The predicted molar refractivity (Wildman–Crippen MR) is 86.3 cm³/mol. The molecule has 0 saturated heterocycles. The van der Waals surface area contributed by atoms with Crippen LogP contribution in [0, 0.1) is 6.92 Å². The topological polar surface area (TPSA) is 72.6 Å². The van der Waals surface area contributed by atoms with Crippen LogP contribution in [0.25, 0.3) is 5.65 Å². The van der Waals surface area contributed by atoms with Crippen LogP contribution >= 0.6 is 15.9 Å². The summed E-state index contributed by atoms with van der Waals surface area (Å²) in [4.78, 5) is 26.8. The largest absolute Gasteiger partial charge is 0.481 e. The van der Waals surface area contributed by atoms with E-state index < -0.39 is 0 Å². The van der Waals surface area contributed by atoms with Crippen molar-refractivity contribution in [2.75, 3.05) is 11.5 Å². The summed E-state index contributed by atoms with van der Waals surface area (Å²) in [6, 6.07) is 1.76. The Morgan fingerprint density at radius 2 is 2.26 bits per heavy atom. The van der Waals surface area contributed by atoms with Gasteiger partial charge in [0.25, 0.3) is 5.91 Å². The molecule has 23 heavy (non-hydrogen) atoms. The Hall–Kier alpha value is -2.48. The highest BCUT2D eigenvalue weighted by Gasteiger charge is 2.27. The number of pyridine rings is 1. The fourth-order valence-electron chi connectivity index (χ4n) is 2.66. The van der Waals surface area contributed by atoms with Crippen LogP contribution in [-0.2, 0) is 11.3 Å². The van der Waals surface area contributed by atoms with Crippen LogP contribution in [-0.4, -0.2) is 31.9 Å². The third-order valence-electron chi connectivity index (χ3n) is 3.79. The summed E-state index contributed by atoms with van der Waals surface area (Å²) in [6.45, 7) is 2.34. The summed E-state index contributed by atoms with van der Waals surface area (Å²) in [5.41, 5.74) is 3.20. The Morgan fingerprint density at radius 1 is 1.39 bits per heavy atom. The van der Waals surface area contributed by atoms with Gasteiger partial charge < -0.3 is 4.74 Å². The SMILES string of the molecule is Cc1nc2cnc(Br)cn2c1CN1C(=O)COc2ccncc21. The number of nitrogens with zero attached hydrogens (tertiary/aromatic N) is 5. The van der Waals surface area contributed by atoms with E-state index >= 15 is 0 Å². The third-order valence-corrected chi connectivity index (χ3v) is 4.20. The molecule has 0 N–H and O–H groups in total. The van der Waals surface area contributed by atoms with Crippen molar-refractivity contribution < 1.29 is 9.53 Å². The fourth-order valence-corrected chi connectivity index (χ4v) is 2.97. The number of halogens is 1. The number of amides is 1. The average Bonchev–Trinajstić information content (AvgIpc) is 2.85. The number of hydrogen-bond acceptors (Lipinski definition) is 5. The zero-order valence-electron chi connectivity index (χ0n) is 12.2. The van der Waals surface area contributed by atoms with Crippen LogP contribution in [0.1, 0.15) is 11.4 Å². The predicted octanol–water partition coefficient (Wildman–Crippen LogP) is 2.12. The minimum atomic E-state index is -0.104. The van der Waals surface area contributed by atoms with Crippen LogP contribution in [0.5, 0.6) is 5.75 Å². The van der Waals surface area contributed by atoms with E-state index in [1.165, 1.54) is 0 Å². The zero-order valence-corrected chi connectivity index (χ0v) is 13.8. The molecule has 3 aromatic rings. The zero-order chi connectivity index (χ0) is 16.0. The van der Waals surface area contributed by atoms with Gasteiger partial charge in [-0.25, -0.2) is 9.97 Å². The van der Waals surface area contributed by atoms with Crippen LogP contribution < -0.4 is 9.64 Å². The van der Waals surface area contributed by atoms with Gasteiger partial charge in [-0.2, -0.15) is 0 Å². The van der Waals surface area contributed by atoms with E-state index in [0.29, 0.717) is 22.6 Å². The molecular weight excluding hydrogens is 362 g/mol. The number of aromatic nitrogens is 4. The molecular formula is C15H12BrN5O2. The van der Waals surface area contributed by atoms with Crippen molar-refractivity contribution in [3.05, 3.63) is 46.8 Å². The molecule has 0 unspecified atom stereocenters. The molecule has 0 fully saturated rings. The second-order valence-corrected chi connectivity index (χ2v) is 6.01. The molecule has 0 bridgehead atoms. The van der Waals surface area contributed by atoms with Crippen LogP contribution in [0.3, 0.4) is 0 Å². The first-order valence-electron chi connectivity index (χ1n) is 7.00. The molecule has 4 rings (SSSR count). The molecule has 0 radical (unpaired) electrons. The molecule has 7 nitrogen and oxygen atoms in total. The summed E-state index contributed by atoms with van der Waals surface area (Å²) < 4.78 is 8.09. The van der Waals surface area contributed by atoms with E-state index in [4.69, 9.17) is 4.74 Å². The standard InChI is InChI=1S/C15H12BrN5O2/c1-9-11(20-7-13(16)18-5-14(20)19-9)6-21-10-4-17-3-2-12(10)23-8-15(21)22/h2-5,7H,6,8H2,1H3.